The Morgan fingerprint density at radius 1 is 1.09 bits per heavy atom. The number of carbonyl (C=O) groups excluding carboxylic acids is 2. The van der Waals surface area contributed by atoms with Gasteiger partial charge in [0.05, 0.1) is 11.3 Å². The number of fused-ring (bicyclic) bond motifs is 1. The van der Waals surface area contributed by atoms with Crippen LogP contribution in [0.1, 0.15) is 55.6 Å². The molecule has 0 spiro atoms. The normalized spacial score (nSPS) is 15.6. The number of amides is 2. The number of rotatable bonds is 5. The van der Waals surface area contributed by atoms with Gasteiger partial charge in [-0.25, -0.2) is 9.97 Å². The number of benzene rings is 1. The number of anilines is 3. The van der Waals surface area contributed by atoms with E-state index < -0.39 is 0 Å². The molecule has 3 aromatic rings. The van der Waals surface area contributed by atoms with Crippen molar-refractivity contribution in [3.8, 4) is 0 Å². The van der Waals surface area contributed by atoms with Gasteiger partial charge in [0.1, 0.15) is 0 Å². The summed E-state index contributed by atoms with van der Waals surface area (Å²) in [6, 6.07) is 11.6. The van der Waals surface area contributed by atoms with Crippen molar-refractivity contribution < 1.29 is 9.59 Å². The Bertz CT molecular complexity index is 1150. The molecule has 33 heavy (non-hydrogen) atoms. The quantitative estimate of drug-likeness (QED) is 0.519. The van der Waals surface area contributed by atoms with Gasteiger partial charge in [-0.15, -0.1) is 12.4 Å². The summed E-state index contributed by atoms with van der Waals surface area (Å²) >= 11 is 0. The molecular formula is C25H30ClN5O2. The molecule has 1 atom stereocenters. The molecule has 4 rings (SSSR count). The Labute approximate surface area is 200 Å². The van der Waals surface area contributed by atoms with Crippen LogP contribution in [0.3, 0.4) is 0 Å². The van der Waals surface area contributed by atoms with Crippen LogP contribution in [0, 0.1) is 6.92 Å². The van der Waals surface area contributed by atoms with Crippen molar-refractivity contribution >= 4 is 52.3 Å². The first-order valence-electron chi connectivity index (χ1n) is 11.2. The first kappa shape index (κ1) is 24.5. The predicted molar refractivity (Wildman–Crippen MR) is 135 cm³/mol. The van der Waals surface area contributed by atoms with Crippen molar-refractivity contribution in [2.75, 3.05) is 17.2 Å². The summed E-state index contributed by atoms with van der Waals surface area (Å²) in [6.07, 6.45) is 5.81. The number of halogens is 1. The minimum Gasteiger partial charge on any atom is -0.354 e. The minimum absolute atomic E-state index is 0. The number of carbonyl (C=O) groups is 2. The zero-order valence-corrected chi connectivity index (χ0v) is 20.0. The number of nitrogens with one attached hydrogen (secondary N) is 2. The van der Waals surface area contributed by atoms with E-state index in [0.29, 0.717) is 16.9 Å². The van der Waals surface area contributed by atoms with Gasteiger partial charge in [-0.05, 0) is 69.0 Å². The number of nitrogens with zero attached hydrogens (tertiary/aromatic N) is 3. The fraction of sp³-hybridized carbons (Fsp3) is 0.360. The van der Waals surface area contributed by atoms with E-state index in [1.54, 1.807) is 6.20 Å². The lowest BCUT2D eigenvalue weighted by Gasteiger charge is -2.35. The van der Waals surface area contributed by atoms with Crippen LogP contribution in [-0.2, 0) is 4.79 Å². The second-order valence-electron chi connectivity index (χ2n) is 8.31. The van der Waals surface area contributed by atoms with E-state index in [-0.39, 0.29) is 30.3 Å². The molecule has 0 aliphatic carbocycles. The number of piperidine rings is 1. The molecule has 1 fully saturated rings. The molecule has 2 aromatic heterocycles. The average Bonchev–Trinajstić information content (AvgIpc) is 2.79. The van der Waals surface area contributed by atoms with Gasteiger partial charge in [-0.2, -0.15) is 0 Å². The molecule has 1 aliphatic rings. The van der Waals surface area contributed by atoms with Crippen LogP contribution >= 0.6 is 12.4 Å². The molecule has 0 saturated carbocycles. The molecule has 1 unspecified atom stereocenters. The maximum absolute atomic E-state index is 13.6. The predicted octanol–water partition coefficient (Wildman–Crippen LogP) is 5.47. The van der Waals surface area contributed by atoms with Crippen LogP contribution in [0.5, 0.6) is 0 Å². The summed E-state index contributed by atoms with van der Waals surface area (Å²) in [7, 11) is 0. The Morgan fingerprint density at radius 3 is 2.52 bits per heavy atom. The second kappa shape index (κ2) is 10.6. The number of aromatic nitrogens is 2. The van der Waals surface area contributed by atoms with Crippen molar-refractivity contribution in [3.05, 3.63) is 53.9 Å². The molecule has 0 bridgehead atoms. The molecule has 1 aromatic carbocycles. The minimum atomic E-state index is -0.118. The van der Waals surface area contributed by atoms with E-state index >= 15 is 0 Å². The summed E-state index contributed by atoms with van der Waals surface area (Å²) in [4.78, 5) is 36.0. The lowest BCUT2D eigenvalue weighted by molar-refractivity contribution is -0.114. The van der Waals surface area contributed by atoms with E-state index in [4.69, 9.17) is 0 Å². The molecule has 174 valence electrons. The van der Waals surface area contributed by atoms with Crippen molar-refractivity contribution in [1.82, 2.24) is 14.9 Å². The first-order chi connectivity index (χ1) is 15.5. The summed E-state index contributed by atoms with van der Waals surface area (Å²) < 4.78 is 0. The fourth-order valence-corrected chi connectivity index (χ4v) is 4.30. The average molecular weight is 468 g/mol. The van der Waals surface area contributed by atoms with E-state index in [0.717, 1.165) is 54.7 Å². The molecule has 2 amide bonds. The van der Waals surface area contributed by atoms with Gasteiger partial charge in [-0.3, -0.25) is 9.59 Å². The molecule has 2 N–H and O–H groups in total. The van der Waals surface area contributed by atoms with E-state index in [9.17, 15) is 9.59 Å². The van der Waals surface area contributed by atoms with Gasteiger partial charge in [0.15, 0.2) is 5.65 Å². The Kier molecular flexibility index (Phi) is 7.87. The third-order valence-corrected chi connectivity index (χ3v) is 5.93. The van der Waals surface area contributed by atoms with Crippen LogP contribution in [0.2, 0.25) is 0 Å². The van der Waals surface area contributed by atoms with Gasteiger partial charge in [-0.1, -0.05) is 6.92 Å². The SMILES string of the molecule is CCC1CCCCN1C(=O)c1cnc2nc(C)ccc2c1Nc1ccc(NC(C)=O)cc1.Cl. The standard InChI is InChI=1S/C25H29N5O2.ClH/c1-4-20-7-5-6-14-30(20)25(32)22-15-26-24-21(13-8-16(2)27-24)23(22)29-19-11-9-18(10-12-19)28-17(3)31;/h8-13,15,20H,4-7,14H2,1-3H3,(H,28,31)(H,26,27,29);1H. The van der Waals surface area contributed by atoms with Crippen LogP contribution in [0.25, 0.3) is 11.0 Å². The van der Waals surface area contributed by atoms with Gasteiger partial charge in [0.2, 0.25) is 5.91 Å². The summed E-state index contributed by atoms with van der Waals surface area (Å²) in [5.41, 5.74) is 4.26. The summed E-state index contributed by atoms with van der Waals surface area (Å²) in [5.74, 6) is -0.115. The molecule has 7 nitrogen and oxygen atoms in total. The van der Waals surface area contributed by atoms with Gasteiger partial charge in [0, 0.05) is 48.2 Å². The smallest absolute Gasteiger partial charge is 0.257 e. The fourth-order valence-electron chi connectivity index (χ4n) is 4.30. The molecular weight excluding hydrogens is 438 g/mol. The Hall–Kier alpha value is -3.19. The number of aryl methyl sites for hydroxylation is 1. The van der Waals surface area contributed by atoms with Crippen LogP contribution in [0.4, 0.5) is 17.1 Å². The summed E-state index contributed by atoms with van der Waals surface area (Å²) in [5, 5.41) is 7.00. The van der Waals surface area contributed by atoms with Crippen molar-refractivity contribution in [2.45, 2.75) is 52.5 Å². The highest BCUT2D eigenvalue weighted by molar-refractivity contribution is 6.07. The van der Waals surface area contributed by atoms with E-state index in [1.807, 2.05) is 48.2 Å². The highest BCUT2D eigenvalue weighted by Gasteiger charge is 2.28. The van der Waals surface area contributed by atoms with Crippen molar-refractivity contribution in [2.24, 2.45) is 0 Å². The van der Waals surface area contributed by atoms with E-state index in [2.05, 4.69) is 27.5 Å². The number of hydrogen-bond acceptors (Lipinski definition) is 5. The van der Waals surface area contributed by atoms with Gasteiger partial charge in [0.25, 0.3) is 5.91 Å². The lowest BCUT2D eigenvalue weighted by atomic mass is 9.98. The third-order valence-electron chi connectivity index (χ3n) is 5.93. The van der Waals surface area contributed by atoms with E-state index in [1.165, 1.54) is 6.92 Å². The Balaban J connectivity index is 0.00000306. The van der Waals surface area contributed by atoms with Crippen LogP contribution in [-0.4, -0.2) is 39.3 Å². The molecule has 1 saturated heterocycles. The zero-order valence-electron chi connectivity index (χ0n) is 19.2. The molecule has 0 radical (unpaired) electrons. The first-order valence-corrected chi connectivity index (χ1v) is 11.2. The van der Waals surface area contributed by atoms with Crippen molar-refractivity contribution in [1.29, 1.82) is 0 Å². The third kappa shape index (κ3) is 5.42. The maximum Gasteiger partial charge on any atom is 0.257 e. The number of hydrogen-bond donors (Lipinski definition) is 2. The topological polar surface area (TPSA) is 87.2 Å². The second-order valence-corrected chi connectivity index (χ2v) is 8.31. The molecule has 3 heterocycles. The number of likely N-dealkylation sites (tertiary alicyclic amines) is 1. The zero-order chi connectivity index (χ0) is 22.7. The summed E-state index contributed by atoms with van der Waals surface area (Å²) in [6.45, 7) is 6.31. The molecule has 1 aliphatic heterocycles. The largest absolute Gasteiger partial charge is 0.354 e. The van der Waals surface area contributed by atoms with Gasteiger partial charge < -0.3 is 15.5 Å². The highest BCUT2D eigenvalue weighted by atomic mass is 35.5. The monoisotopic (exact) mass is 467 g/mol. The highest BCUT2D eigenvalue weighted by Crippen LogP contribution is 2.32. The maximum atomic E-state index is 13.6. The van der Waals surface area contributed by atoms with Crippen LogP contribution < -0.4 is 10.6 Å². The van der Waals surface area contributed by atoms with Crippen LogP contribution in [0.15, 0.2) is 42.6 Å². The Morgan fingerprint density at radius 2 is 1.82 bits per heavy atom. The molecule has 8 heteroatoms. The number of pyridine rings is 2. The van der Waals surface area contributed by atoms with Crippen molar-refractivity contribution in [3.63, 3.8) is 0 Å². The van der Waals surface area contributed by atoms with Gasteiger partial charge >= 0.3 is 0 Å². The lowest BCUT2D eigenvalue weighted by Crippen LogP contribution is -2.43.